The molecule has 28 heavy (non-hydrogen) atoms. The summed E-state index contributed by atoms with van der Waals surface area (Å²) in [5, 5.41) is 3.32. The highest BCUT2D eigenvalue weighted by molar-refractivity contribution is 5.79. The van der Waals surface area contributed by atoms with Gasteiger partial charge in [-0.25, -0.2) is 9.37 Å². The summed E-state index contributed by atoms with van der Waals surface area (Å²) in [6.07, 6.45) is 0. The van der Waals surface area contributed by atoms with E-state index >= 15 is 0 Å². The average Bonchev–Trinajstić information content (AvgIpc) is 2.65. The zero-order valence-corrected chi connectivity index (χ0v) is 16.1. The maximum atomic E-state index is 13.5. The SMILES string of the molecule is Cc1nc2ccccc2c(=O)n1CC(=O)NC[C@@H](c1cccc(F)c1)N(C)C. The van der Waals surface area contributed by atoms with Crippen molar-refractivity contribution in [1.29, 1.82) is 0 Å². The van der Waals surface area contributed by atoms with Gasteiger partial charge in [-0.05, 0) is 50.8 Å². The lowest BCUT2D eigenvalue weighted by Crippen LogP contribution is -2.38. The Balaban J connectivity index is 1.75. The summed E-state index contributed by atoms with van der Waals surface area (Å²) in [5.41, 5.74) is 1.14. The fourth-order valence-corrected chi connectivity index (χ4v) is 3.19. The van der Waals surface area contributed by atoms with Crippen molar-refractivity contribution in [1.82, 2.24) is 19.8 Å². The van der Waals surface area contributed by atoms with Crippen LogP contribution in [0.15, 0.2) is 53.3 Å². The third-order valence-corrected chi connectivity index (χ3v) is 4.70. The lowest BCUT2D eigenvalue weighted by molar-refractivity contribution is -0.122. The van der Waals surface area contributed by atoms with Gasteiger partial charge in [-0.2, -0.15) is 0 Å². The number of halogens is 1. The van der Waals surface area contributed by atoms with Gasteiger partial charge in [0.25, 0.3) is 5.56 Å². The number of nitrogens with one attached hydrogen (secondary N) is 1. The molecule has 2 aromatic carbocycles. The Labute approximate surface area is 162 Å². The quantitative estimate of drug-likeness (QED) is 0.710. The molecule has 3 aromatic rings. The van der Waals surface area contributed by atoms with Crippen LogP contribution in [0.2, 0.25) is 0 Å². The predicted molar refractivity (Wildman–Crippen MR) is 107 cm³/mol. The second kappa shape index (κ2) is 8.31. The van der Waals surface area contributed by atoms with Crippen LogP contribution >= 0.6 is 0 Å². The maximum Gasteiger partial charge on any atom is 0.261 e. The molecule has 1 N–H and O–H groups in total. The molecule has 1 atom stereocenters. The highest BCUT2D eigenvalue weighted by Crippen LogP contribution is 2.18. The van der Waals surface area contributed by atoms with Gasteiger partial charge in [-0.15, -0.1) is 0 Å². The molecule has 0 unspecified atom stereocenters. The van der Waals surface area contributed by atoms with E-state index in [0.29, 0.717) is 23.3 Å². The normalized spacial score (nSPS) is 12.3. The van der Waals surface area contributed by atoms with Crippen LogP contribution in [0.25, 0.3) is 10.9 Å². The number of aromatic nitrogens is 2. The fourth-order valence-electron chi connectivity index (χ4n) is 3.19. The van der Waals surface area contributed by atoms with Crippen LogP contribution < -0.4 is 10.9 Å². The van der Waals surface area contributed by atoms with Crippen molar-refractivity contribution in [3.8, 4) is 0 Å². The number of carbonyl (C=O) groups excluding carboxylic acids is 1. The molecule has 0 fully saturated rings. The minimum atomic E-state index is -0.319. The van der Waals surface area contributed by atoms with Crippen LogP contribution in [0.5, 0.6) is 0 Å². The third-order valence-electron chi connectivity index (χ3n) is 4.70. The fraction of sp³-hybridized carbons (Fsp3) is 0.286. The van der Waals surface area contributed by atoms with Gasteiger partial charge in [0.1, 0.15) is 18.2 Å². The predicted octanol–water partition coefficient (Wildman–Crippen LogP) is 2.26. The summed E-state index contributed by atoms with van der Waals surface area (Å²) in [4.78, 5) is 31.5. The molecule has 0 bridgehead atoms. The molecule has 0 radical (unpaired) electrons. The van der Waals surface area contributed by atoms with Gasteiger partial charge in [0.05, 0.1) is 16.9 Å². The molecule has 3 rings (SSSR count). The van der Waals surface area contributed by atoms with Crippen molar-refractivity contribution in [2.75, 3.05) is 20.6 Å². The molecule has 6 nitrogen and oxygen atoms in total. The summed E-state index contributed by atoms with van der Waals surface area (Å²) >= 11 is 0. The number of carbonyl (C=O) groups is 1. The number of aryl methyl sites for hydroxylation is 1. The standard InChI is InChI=1S/C21H23FN4O2/c1-14-24-18-10-5-4-9-17(18)21(28)26(14)13-20(27)23-12-19(25(2)3)15-7-6-8-16(22)11-15/h4-11,19H,12-13H2,1-3H3,(H,23,27)/t19-/m0/s1. The molecule has 0 spiro atoms. The largest absolute Gasteiger partial charge is 0.353 e. The van der Waals surface area contributed by atoms with E-state index in [1.807, 2.05) is 31.1 Å². The van der Waals surface area contributed by atoms with Gasteiger partial charge in [0, 0.05) is 6.54 Å². The van der Waals surface area contributed by atoms with Crippen molar-refractivity contribution in [3.05, 3.63) is 76.1 Å². The number of fused-ring (bicyclic) bond motifs is 1. The number of hydrogen-bond acceptors (Lipinski definition) is 4. The Morgan fingerprint density at radius 2 is 1.96 bits per heavy atom. The molecule has 0 aliphatic rings. The molecule has 0 aliphatic heterocycles. The Morgan fingerprint density at radius 3 is 2.68 bits per heavy atom. The van der Waals surface area contributed by atoms with Crippen LogP contribution in [-0.2, 0) is 11.3 Å². The Morgan fingerprint density at radius 1 is 1.21 bits per heavy atom. The third kappa shape index (κ3) is 4.26. The summed E-state index contributed by atoms with van der Waals surface area (Å²) in [5.74, 6) is -0.140. The van der Waals surface area contributed by atoms with Gasteiger partial charge >= 0.3 is 0 Å². The van der Waals surface area contributed by atoms with Gasteiger partial charge in [0.2, 0.25) is 5.91 Å². The van der Waals surface area contributed by atoms with E-state index < -0.39 is 0 Å². The smallest absolute Gasteiger partial charge is 0.261 e. The number of rotatable bonds is 6. The lowest BCUT2D eigenvalue weighted by atomic mass is 10.1. The van der Waals surface area contributed by atoms with E-state index in [1.165, 1.54) is 16.7 Å². The van der Waals surface area contributed by atoms with Crippen molar-refractivity contribution < 1.29 is 9.18 Å². The lowest BCUT2D eigenvalue weighted by Gasteiger charge is -2.25. The molecule has 146 valence electrons. The number of nitrogens with zero attached hydrogens (tertiary/aromatic N) is 3. The zero-order chi connectivity index (χ0) is 20.3. The first-order valence-electron chi connectivity index (χ1n) is 9.01. The summed E-state index contributed by atoms with van der Waals surface area (Å²) in [6.45, 7) is 1.88. The van der Waals surface area contributed by atoms with E-state index in [1.54, 1.807) is 31.2 Å². The van der Waals surface area contributed by atoms with Crippen molar-refractivity contribution in [2.24, 2.45) is 0 Å². The highest BCUT2D eigenvalue weighted by atomic mass is 19.1. The molecular weight excluding hydrogens is 359 g/mol. The number of para-hydroxylation sites is 1. The average molecular weight is 382 g/mol. The van der Waals surface area contributed by atoms with E-state index in [4.69, 9.17) is 0 Å². The van der Waals surface area contributed by atoms with Gasteiger partial charge < -0.3 is 10.2 Å². The van der Waals surface area contributed by atoms with Crippen molar-refractivity contribution >= 4 is 16.8 Å². The van der Waals surface area contributed by atoms with Gasteiger partial charge in [0.15, 0.2) is 0 Å². The van der Waals surface area contributed by atoms with Crippen LogP contribution in [-0.4, -0.2) is 41.0 Å². The number of amides is 1. The van der Waals surface area contributed by atoms with Crippen molar-refractivity contribution in [2.45, 2.75) is 19.5 Å². The van der Waals surface area contributed by atoms with Crippen LogP contribution in [0.4, 0.5) is 4.39 Å². The molecule has 0 saturated carbocycles. The van der Waals surface area contributed by atoms with E-state index in [2.05, 4.69) is 10.3 Å². The minimum Gasteiger partial charge on any atom is -0.353 e. The van der Waals surface area contributed by atoms with Crippen molar-refractivity contribution in [3.63, 3.8) is 0 Å². The minimum absolute atomic E-state index is 0.119. The van der Waals surface area contributed by atoms with E-state index in [0.717, 1.165) is 5.56 Å². The van der Waals surface area contributed by atoms with Crippen LogP contribution in [0, 0.1) is 12.7 Å². The van der Waals surface area contributed by atoms with Gasteiger partial charge in [-0.1, -0.05) is 24.3 Å². The Bertz CT molecular complexity index is 1060. The second-order valence-electron chi connectivity index (χ2n) is 6.91. The Hall–Kier alpha value is -3.06. The first-order chi connectivity index (χ1) is 13.4. The Kier molecular flexibility index (Phi) is 5.84. The van der Waals surface area contributed by atoms with Gasteiger partial charge in [-0.3, -0.25) is 14.2 Å². The summed E-state index contributed by atoms with van der Waals surface area (Å²) in [6, 6.07) is 13.2. The molecule has 7 heteroatoms. The molecule has 1 amide bonds. The molecule has 1 aromatic heterocycles. The molecule has 0 aliphatic carbocycles. The number of likely N-dealkylation sites (N-methyl/N-ethyl adjacent to an activating group) is 1. The van der Waals surface area contributed by atoms with E-state index in [-0.39, 0.29) is 29.9 Å². The van der Waals surface area contributed by atoms with Crippen LogP contribution in [0.3, 0.4) is 0 Å². The maximum absolute atomic E-state index is 13.5. The summed E-state index contributed by atoms with van der Waals surface area (Å²) < 4.78 is 14.9. The molecule has 1 heterocycles. The topological polar surface area (TPSA) is 67.2 Å². The molecule has 0 saturated heterocycles. The zero-order valence-electron chi connectivity index (χ0n) is 16.1. The second-order valence-corrected chi connectivity index (χ2v) is 6.91. The van der Waals surface area contributed by atoms with Crippen LogP contribution in [0.1, 0.15) is 17.4 Å². The monoisotopic (exact) mass is 382 g/mol. The highest BCUT2D eigenvalue weighted by Gasteiger charge is 2.17. The number of hydrogen-bond donors (Lipinski definition) is 1. The molecular formula is C21H23FN4O2. The summed E-state index contributed by atoms with van der Waals surface area (Å²) in [7, 11) is 3.73. The first-order valence-corrected chi connectivity index (χ1v) is 9.01. The first kappa shape index (κ1) is 19.7. The number of benzene rings is 2. The van der Waals surface area contributed by atoms with E-state index in [9.17, 15) is 14.0 Å².